The van der Waals surface area contributed by atoms with Crippen LogP contribution < -0.4 is 5.32 Å². The molecule has 5 nitrogen and oxygen atoms in total. The maximum absolute atomic E-state index is 11.9. The van der Waals surface area contributed by atoms with Crippen molar-refractivity contribution in [3.63, 3.8) is 0 Å². The van der Waals surface area contributed by atoms with Crippen molar-refractivity contribution in [3.8, 4) is 0 Å². The standard InChI is InChI=1S/C16H29NO4/c1-21-16(20)14(13-9-11-17-12-10-13)7-5-3-2-4-6-8-15(18)19/h13-14,17H,2-12H2,1H3,(H,18,19). The van der Waals surface area contributed by atoms with Crippen LogP contribution in [0.4, 0.5) is 0 Å². The van der Waals surface area contributed by atoms with Gasteiger partial charge in [0.1, 0.15) is 0 Å². The van der Waals surface area contributed by atoms with Gasteiger partial charge in [0, 0.05) is 6.42 Å². The molecule has 0 amide bonds. The highest BCUT2D eigenvalue weighted by molar-refractivity contribution is 5.72. The lowest BCUT2D eigenvalue weighted by atomic mass is 9.81. The number of unbranched alkanes of at least 4 members (excludes halogenated alkanes) is 4. The summed E-state index contributed by atoms with van der Waals surface area (Å²) in [5.41, 5.74) is 0. The number of carbonyl (C=O) groups is 2. The Labute approximate surface area is 127 Å². The van der Waals surface area contributed by atoms with Crippen molar-refractivity contribution in [2.45, 2.75) is 57.8 Å². The van der Waals surface area contributed by atoms with Crippen molar-refractivity contribution in [3.05, 3.63) is 0 Å². The summed E-state index contributed by atoms with van der Waals surface area (Å²) in [7, 11) is 1.47. The van der Waals surface area contributed by atoms with Crippen LogP contribution in [0.3, 0.4) is 0 Å². The van der Waals surface area contributed by atoms with E-state index in [0.717, 1.165) is 64.5 Å². The monoisotopic (exact) mass is 299 g/mol. The number of methoxy groups -OCH3 is 1. The van der Waals surface area contributed by atoms with Gasteiger partial charge < -0.3 is 15.2 Å². The maximum Gasteiger partial charge on any atom is 0.308 e. The lowest BCUT2D eigenvalue weighted by molar-refractivity contribution is -0.148. The first-order valence-electron chi connectivity index (χ1n) is 8.15. The van der Waals surface area contributed by atoms with Gasteiger partial charge >= 0.3 is 11.9 Å². The first-order valence-corrected chi connectivity index (χ1v) is 8.15. The maximum atomic E-state index is 11.9. The van der Waals surface area contributed by atoms with E-state index in [1.807, 2.05) is 0 Å². The van der Waals surface area contributed by atoms with Crippen LogP contribution in [0.5, 0.6) is 0 Å². The molecule has 1 aliphatic rings. The van der Waals surface area contributed by atoms with Crippen LogP contribution in [0.25, 0.3) is 0 Å². The minimum absolute atomic E-state index is 0.0381. The summed E-state index contributed by atoms with van der Waals surface area (Å²) in [6.07, 6.45) is 8.13. The third kappa shape index (κ3) is 7.46. The highest BCUT2D eigenvalue weighted by atomic mass is 16.5. The van der Waals surface area contributed by atoms with E-state index in [0.29, 0.717) is 5.92 Å². The van der Waals surface area contributed by atoms with Gasteiger partial charge in [-0.05, 0) is 44.7 Å². The number of aliphatic carboxylic acids is 1. The van der Waals surface area contributed by atoms with Crippen LogP contribution >= 0.6 is 0 Å². The van der Waals surface area contributed by atoms with E-state index in [4.69, 9.17) is 9.84 Å². The summed E-state index contributed by atoms with van der Waals surface area (Å²) in [5, 5.41) is 11.9. The topological polar surface area (TPSA) is 75.6 Å². The molecule has 0 aromatic carbocycles. The van der Waals surface area contributed by atoms with Crippen molar-refractivity contribution in [1.29, 1.82) is 0 Å². The Morgan fingerprint density at radius 2 is 1.76 bits per heavy atom. The van der Waals surface area contributed by atoms with Crippen LogP contribution in [-0.2, 0) is 14.3 Å². The Kier molecular flexibility index (Phi) is 9.06. The predicted octanol–water partition coefficient (Wildman–Crippen LogP) is 2.59. The third-order valence-electron chi connectivity index (χ3n) is 4.36. The molecule has 0 saturated carbocycles. The third-order valence-corrected chi connectivity index (χ3v) is 4.36. The average molecular weight is 299 g/mol. The second-order valence-corrected chi connectivity index (χ2v) is 5.92. The van der Waals surface area contributed by atoms with Gasteiger partial charge in [-0.1, -0.05) is 25.7 Å². The quantitative estimate of drug-likeness (QED) is 0.479. The summed E-state index contributed by atoms with van der Waals surface area (Å²) >= 11 is 0. The summed E-state index contributed by atoms with van der Waals surface area (Å²) in [5.74, 6) is -0.290. The fourth-order valence-electron chi connectivity index (χ4n) is 3.11. The molecule has 0 aliphatic carbocycles. The van der Waals surface area contributed by atoms with Gasteiger partial charge in [-0.3, -0.25) is 9.59 Å². The predicted molar refractivity (Wildman–Crippen MR) is 81.1 cm³/mol. The molecule has 1 atom stereocenters. The molecule has 1 saturated heterocycles. The van der Waals surface area contributed by atoms with E-state index in [1.165, 1.54) is 7.11 Å². The molecule has 1 unspecified atom stereocenters. The Morgan fingerprint density at radius 1 is 1.14 bits per heavy atom. The summed E-state index contributed by atoms with van der Waals surface area (Å²) in [6.45, 7) is 1.99. The van der Waals surface area contributed by atoms with Gasteiger partial charge in [0.05, 0.1) is 13.0 Å². The Bertz CT molecular complexity index is 313. The minimum atomic E-state index is -0.716. The summed E-state index contributed by atoms with van der Waals surface area (Å²) in [6, 6.07) is 0. The number of ether oxygens (including phenoxy) is 1. The number of carbonyl (C=O) groups excluding carboxylic acids is 1. The lowest BCUT2D eigenvalue weighted by Crippen LogP contribution is -2.35. The van der Waals surface area contributed by atoms with Gasteiger partial charge in [0.15, 0.2) is 0 Å². The van der Waals surface area contributed by atoms with Crippen LogP contribution in [0.1, 0.15) is 57.8 Å². The number of nitrogens with one attached hydrogen (secondary N) is 1. The van der Waals surface area contributed by atoms with E-state index < -0.39 is 5.97 Å². The van der Waals surface area contributed by atoms with E-state index in [9.17, 15) is 9.59 Å². The zero-order valence-electron chi connectivity index (χ0n) is 13.1. The Balaban J connectivity index is 2.20. The van der Waals surface area contributed by atoms with Gasteiger partial charge in [-0.15, -0.1) is 0 Å². The van der Waals surface area contributed by atoms with Gasteiger partial charge in [-0.25, -0.2) is 0 Å². The molecule has 0 aromatic rings. The molecule has 0 aromatic heterocycles. The molecular formula is C16H29NO4. The molecule has 5 heteroatoms. The van der Waals surface area contributed by atoms with E-state index in [1.54, 1.807) is 0 Å². The molecule has 122 valence electrons. The van der Waals surface area contributed by atoms with E-state index in [2.05, 4.69) is 5.32 Å². The zero-order valence-corrected chi connectivity index (χ0v) is 13.1. The SMILES string of the molecule is COC(=O)C(CCCCCCCC(=O)O)C1CCNCC1. The van der Waals surface area contributed by atoms with Crippen LogP contribution in [0.15, 0.2) is 0 Å². The van der Waals surface area contributed by atoms with Gasteiger partial charge in [0.2, 0.25) is 0 Å². The average Bonchev–Trinajstić information content (AvgIpc) is 2.50. The van der Waals surface area contributed by atoms with E-state index >= 15 is 0 Å². The number of carboxylic acid groups (broad SMARTS) is 1. The highest BCUT2D eigenvalue weighted by Crippen LogP contribution is 2.28. The number of carboxylic acids is 1. The zero-order chi connectivity index (χ0) is 15.5. The molecular weight excluding hydrogens is 270 g/mol. The van der Waals surface area contributed by atoms with Crippen molar-refractivity contribution >= 4 is 11.9 Å². The first-order chi connectivity index (χ1) is 10.1. The van der Waals surface area contributed by atoms with Crippen molar-refractivity contribution in [1.82, 2.24) is 5.32 Å². The Morgan fingerprint density at radius 3 is 2.38 bits per heavy atom. The van der Waals surface area contributed by atoms with Crippen molar-refractivity contribution < 1.29 is 19.4 Å². The minimum Gasteiger partial charge on any atom is -0.481 e. The largest absolute Gasteiger partial charge is 0.481 e. The van der Waals surface area contributed by atoms with E-state index in [-0.39, 0.29) is 18.3 Å². The Hall–Kier alpha value is -1.10. The van der Waals surface area contributed by atoms with Crippen LogP contribution in [0.2, 0.25) is 0 Å². The molecule has 21 heavy (non-hydrogen) atoms. The number of rotatable bonds is 10. The smallest absolute Gasteiger partial charge is 0.308 e. The van der Waals surface area contributed by atoms with Crippen molar-refractivity contribution in [2.24, 2.45) is 11.8 Å². The molecule has 1 heterocycles. The normalized spacial score (nSPS) is 17.4. The molecule has 2 N–H and O–H groups in total. The highest BCUT2D eigenvalue weighted by Gasteiger charge is 2.29. The second kappa shape index (κ2) is 10.6. The number of hydrogen-bond donors (Lipinski definition) is 2. The first kappa shape index (κ1) is 18.0. The number of hydrogen-bond acceptors (Lipinski definition) is 4. The van der Waals surface area contributed by atoms with Gasteiger partial charge in [0.25, 0.3) is 0 Å². The van der Waals surface area contributed by atoms with Crippen molar-refractivity contribution in [2.75, 3.05) is 20.2 Å². The number of esters is 1. The van der Waals surface area contributed by atoms with Crippen LogP contribution in [0, 0.1) is 11.8 Å². The van der Waals surface area contributed by atoms with Gasteiger partial charge in [-0.2, -0.15) is 0 Å². The molecule has 0 spiro atoms. The summed E-state index contributed by atoms with van der Waals surface area (Å²) in [4.78, 5) is 22.3. The molecule has 0 radical (unpaired) electrons. The number of piperidine rings is 1. The molecule has 1 rings (SSSR count). The fourth-order valence-corrected chi connectivity index (χ4v) is 3.11. The molecule has 1 aliphatic heterocycles. The molecule has 0 bridgehead atoms. The second-order valence-electron chi connectivity index (χ2n) is 5.92. The fraction of sp³-hybridized carbons (Fsp3) is 0.875. The lowest BCUT2D eigenvalue weighted by Gasteiger charge is -2.29. The van der Waals surface area contributed by atoms with Crippen LogP contribution in [-0.4, -0.2) is 37.2 Å². The molecule has 1 fully saturated rings. The summed E-state index contributed by atoms with van der Waals surface area (Å²) < 4.78 is 4.96.